The van der Waals surface area contributed by atoms with Gasteiger partial charge in [0, 0.05) is 35.0 Å². The summed E-state index contributed by atoms with van der Waals surface area (Å²) in [6.07, 6.45) is 2.93. The molecular formula is C9H15N3O3S2. The number of pyridine rings is 1. The fourth-order valence-electron chi connectivity index (χ4n) is 1.34. The lowest BCUT2D eigenvalue weighted by atomic mass is 10.4. The molecule has 8 heteroatoms. The normalized spacial score (nSPS) is 15.4. The summed E-state index contributed by atoms with van der Waals surface area (Å²) >= 11 is 0. The largest absolute Gasteiger partial charge is 0.383 e. The summed E-state index contributed by atoms with van der Waals surface area (Å²) < 4.78 is 37.2. The van der Waals surface area contributed by atoms with Crippen LogP contribution in [-0.4, -0.2) is 35.7 Å². The van der Waals surface area contributed by atoms with Gasteiger partial charge in [0.2, 0.25) is 10.0 Å². The molecule has 0 fully saturated rings. The fourth-order valence-corrected chi connectivity index (χ4v) is 3.56. The van der Waals surface area contributed by atoms with Crippen molar-refractivity contribution in [2.75, 3.05) is 17.7 Å². The molecule has 6 nitrogen and oxygen atoms in total. The fraction of sp³-hybridized carbons (Fsp3) is 0.444. The highest BCUT2D eigenvalue weighted by molar-refractivity contribution is 7.89. The molecule has 1 aromatic rings. The number of sulfonamides is 1. The van der Waals surface area contributed by atoms with Crippen molar-refractivity contribution in [1.29, 1.82) is 0 Å². The van der Waals surface area contributed by atoms with Crippen molar-refractivity contribution in [2.24, 2.45) is 0 Å². The zero-order chi connectivity index (χ0) is 13.1. The molecule has 0 aliphatic rings. The number of rotatable bonds is 5. The van der Waals surface area contributed by atoms with E-state index in [1.165, 1.54) is 24.6 Å². The van der Waals surface area contributed by atoms with E-state index in [0.717, 1.165) is 0 Å². The molecule has 0 saturated heterocycles. The molecule has 0 radical (unpaired) electrons. The van der Waals surface area contributed by atoms with Gasteiger partial charge in [-0.25, -0.2) is 18.1 Å². The highest BCUT2D eigenvalue weighted by Crippen LogP contribution is 2.14. The van der Waals surface area contributed by atoms with Crippen LogP contribution in [0.2, 0.25) is 0 Å². The third-order valence-corrected chi connectivity index (χ3v) is 4.54. The molecule has 1 heterocycles. The van der Waals surface area contributed by atoms with Gasteiger partial charge in [0.1, 0.15) is 10.7 Å². The number of anilines is 1. The van der Waals surface area contributed by atoms with E-state index < -0.39 is 26.9 Å². The maximum absolute atomic E-state index is 11.9. The standard InChI is InChI=1S/C9H15N3O3S2/c1-7(6-16(2)13)12-17(14,15)8-4-3-5-11-9(8)10/h3-5,7,12H,6H2,1-2H3,(H2,10,11). The number of hydrogen-bond acceptors (Lipinski definition) is 5. The van der Waals surface area contributed by atoms with Crippen molar-refractivity contribution >= 4 is 26.6 Å². The van der Waals surface area contributed by atoms with Gasteiger partial charge in [-0.05, 0) is 19.1 Å². The number of aromatic nitrogens is 1. The smallest absolute Gasteiger partial charge is 0.244 e. The van der Waals surface area contributed by atoms with Gasteiger partial charge < -0.3 is 5.73 Å². The van der Waals surface area contributed by atoms with Crippen molar-refractivity contribution < 1.29 is 12.6 Å². The van der Waals surface area contributed by atoms with E-state index in [4.69, 9.17) is 5.73 Å². The van der Waals surface area contributed by atoms with Crippen molar-refractivity contribution in [3.63, 3.8) is 0 Å². The average Bonchev–Trinajstić information content (AvgIpc) is 2.15. The maximum Gasteiger partial charge on any atom is 0.244 e. The van der Waals surface area contributed by atoms with E-state index in [9.17, 15) is 12.6 Å². The van der Waals surface area contributed by atoms with Crippen LogP contribution in [0.5, 0.6) is 0 Å². The van der Waals surface area contributed by atoms with Crippen LogP contribution >= 0.6 is 0 Å². The van der Waals surface area contributed by atoms with Gasteiger partial charge in [0.15, 0.2) is 0 Å². The first-order chi connectivity index (χ1) is 7.83. The summed E-state index contributed by atoms with van der Waals surface area (Å²) in [6, 6.07) is 2.44. The lowest BCUT2D eigenvalue weighted by Crippen LogP contribution is -2.36. The van der Waals surface area contributed by atoms with Gasteiger partial charge in [0.05, 0.1) is 0 Å². The molecule has 0 aliphatic carbocycles. The summed E-state index contributed by atoms with van der Waals surface area (Å²) in [5.41, 5.74) is 5.49. The molecule has 1 rings (SSSR count). The van der Waals surface area contributed by atoms with E-state index in [1.807, 2.05) is 0 Å². The lowest BCUT2D eigenvalue weighted by Gasteiger charge is -2.13. The molecule has 3 N–H and O–H groups in total. The number of nitrogen functional groups attached to an aromatic ring is 1. The molecule has 0 aromatic carbocycles. The second kappa shape index (κ2) is 5.56. The first kappa shape index (κ1) is 14.1. The second-order valence-corrected chi connectivity index (χ2v) is 6.81. The van der Waals surface area contributed by atoms with Crippen LogP contribution in [-0.2, 0) is 20.8 Å². The Morgan fingerprint density at radius 2 is 2.24 bits per heavy atom. The molecule has 0 bridgehead atoms. The quantitative estimate of drug-likeness (QED) is 0.770. The first-order valence-electron chi connectivity index (χ1n) is 4.86. The van der Waals surface area contributed by atoms with Crippen LogP contribution in [0.15, 0.2) is 23.2 Å². The van der Waals surface area contributed by atoms with E-state index in [1.54, 1.807) is 6.92 Å². The predicted molar refractivity (Wildman–Crippen MR) is 67.4 cm³/mol. The second-order valence-electron chi connectivity index (χ2n) is 3.65. The number of nitrogens with one attached hydrogen (secondary N) is 1. The van der Waals surface area contributed by atoms with Gasteiger partial charge in [0.25, 0.3) is 0 Å². The van der Waals surface area contributed by atoms with Gasteiger partial charge >= 0.3 is 0 Å². The number of nitrogens with two attached hydrogens (primary N) is 1. The summed E-state index contributed by atoms with van der Waals surface area (Å²) in [4.78, 5) is 3.65. The third kappa shape index (κ3) is 4.06. The maximum atomic E-state index is 11.9. The Kier molecular flexibility index (Phi) is 4.61. The molecule has 0 aliphatic heterocycles. The highest BCUT2D eigenvalue weighted by Gasteiger charge is 2.20. The predicted octanol–water partition coefficient (Wildman–Crippen LogP) is -0.291. The summed E-state index contributed by atoms with van der Waals surface area (Å²) in [5, 5.41) is 0. The van der Waals surface area contributed by atoms with Gasteiger partial charge in [-0.2, -0.15) is 0 Å². The molecule has 0 spiro atoms. The van der Waals surface area contributed by atoms with Gasteiger partial charge in [-0.15, -0.1) is 0 Å². The van der Waals surface area contributed by atoms with Crippen LogP contribution in [0.1, 0.15) is 6.92 Å². The number of hydrogen-bond donors (Lipinski definition) is 2. The van der Waals surface area contributed by atoms with E-state index >= 15 is 0 Å². The molecule has 2 unspecified atom stereocenters. The van der Waals surface area contributed by atoms with E-state index in [2.05, 4.69) is 9.71 Å². The van der Waals surface area contributed by atoms with E-state index in [-0.39, 0.29) is 16.5 Å². The minimum atomic E-state index is -3.71. The Morgan fingerprint density at radius 1 is 1.59 bits per heavy atom. The van der Waals surface area contributed by atoms with Crippen LogP contribution in [0.4, 0.5) is 5.82 Å². The van der Waals surface area contributed by atoms with Crippen LogP contribution in [0.3, 0.4) is 0 Å². The lowest BCUT2D eigenvalue weighted by molar-refractivity contribution is 0.570. The molecule has 0 amide bonds. The van der Waals surface area contributed by atoms with Crippen molar-refractivity contribution in [3.05, 3.63) is 18.3 Å². The zero-order valence-electron chi connectivity index (χ0n) is 9.58. The van der Waals surface area contributed by atoms with Crippen molar-refractivity contribution in [3.8, 4) is 0 Å². The number of nitrogens with zero attached hydrogens (tertiary/aromatic N) is 1. The molecule has 17 heavy (non-hydrogen) atoms. The summed E-state index contributed by atoms with van der Waals surface area (Å²) in [5.74, 6) is 0.198. The molecule has 2 atom stereocenters. The van der Waals surface area contributed by atoms with Crippen LogP contribution < -0.4 is 10.5 Å². The van der Waals surface area contributed by atoms with E-state index in [0.29, 0.717) is 0 Å². The highest BCUT2D eigenvalue weighted by atomic mass is 32.2. The first-order valence-corrected chi connectivity index (χ1v) is 8.07. The Hall–Kier alpha value is -0.990. The third-order valence-electron chi connectivity index (χ3n) is 1.93. The molecule has 96 valence electrons. The Labute approximate surface area is 103 Å². The van der Waals surface area contributed by atoms with Crippen molar-refractivity contribution in [1.82, 2.24) is 9.71 Å². The van der Waals surface area contributed by atoms with Crippen molar-refractivity contribution in [2.45, 2.75) is 17.9 Å². The van der Waals surface area contributed by atoms with Gasteiger partial charge in [-0.3, -0.25) is 4.21 Å². The Balaban J connectivity index is 2.90. The Bertz CT molecular complexity index is 516. The minimum Gasteiger partial charge on any atom is -0.383 e. The topological polar surface area (TPSA) is 102 Å². The van der Waals surface area contributed by atoms with Crippen LogP contribution in [0.25, 0.3) is 0 Å². The Morgan fingerprint density at radius 3 is 2.76 bits per heavy atom. The summed E-state index contributed by atoms with van der Waals surface area (Å²) in [7, 11) is -4.77. The van der Waals surface area contributed by atoms with Gasteiger partial charge in [-0.1, -0.05) is 0 Å². The molecular weight excluding hydrogens is 262 g/mol. The molecule has 0 saturated carbocycles. The summed E-state index contributed by atoms with van der Waals surface area (Å²) in [6.45, 7) is 1.64. The SMILES string of the molecule is CC(CS(C)=O)NS(=O)(=O)c1cccnc1N. The average molecular weight is 277 g/mol. The minimum absolute atomic E-state index is 0.0511. The molecule has 1 aromatic heterocycles. The van der Waals surface area contributed by atoms with Crippen LogP contribution in [0, 0.1) is 0 Å². The zero-order valence-corrected chi connectivity index (χ0v) is 11.2. The monoisotopic (exact) mass is 277 g/mol.